The minimum atomic E-state index is 0.0358. The summed E-state index contributed by atoms with van der Waals surface area (Å²) in [6.07, 6.45) is 1.36. The van der Waals surface area contributed by atoms with Crippen LogP contribution in [0.2, 0.25) is 0 Å². The molecule has 0 aromatic heterocycles. The Morgan fingerprint density at radius 3 is 1.31 bits per heavy atom. The quantitative estimate of drug-likeness (QED) is 0.516. The van der Waals surface area contributed by atoms with Crippen molar-refractivity contribution < 1.29 is 19.8 Å². The minimum Gasteiger partial charge on any atom is -0.507 e. The maximum Gasteiger partial charge on any atom is 0.154 e. The summed E-state index contributed by atoms with van der Waals surface area (Å²) in [4.78, 5) is 21.4. The molecule has 4 aromatic carbocycles. The van der Waals surface area contributed by atoms with E-state index in [1.54, 1.807) is 12.1 Å². The molecule has 4 nitrogen and oxygen atoms in total. The molecule has 0 unspecified atom stereocenters. The number of aldehydes is 2. The molecule has 0 aliphatic rings. The average molecular weight is 344 g/mol. The van der Waals surface area contributed by atoms with Gasteiger partial charge in [0.2, 0.25) is 0 Å². The highest BCUT2D eigenvalue weighted by Crippen LogP contribution is 2.25. The van der Waals surface area contributed by atoms with E-state index >= 15 is 0 Å². The van der Waals surface area contributed by atoms with Gasteiger partial charge in [0.1, 0.15) is 11.5 Å². The zero-order valence-electron chi connectivity index (χ0n) is 13.8. The molecule has 0 atom stereocenters. The predicted molar refractivity (Wildman–Crippen MR) is 102 cm³/mol. The Hall–Kier alpha value is -3.66. The number of fused-ring (bicyclic) bond motifs is 2. The van der Waals surface area contributed by atoms with Gasteiger partial charge in [0, 0.05) is 0 Å². The van der Waals surface area contributed by atoms with Gasteiger partial charge in [0.15, 0.2) is 12.6 Å². The van der Waals surface area contributed by atoms with Gasteiger partial charge in [-0.15, -0.1) is 0 Å². The Morgan fingerprint density at radius 2 is 0.923 bits per heavy atom. The lowest BCUT2D eigenvalue weighted by molar-refractivity contribution is 0.111. The van der Waals surface area contributed by atoms with E-state index in [9.17, 15) is 19.8 Å². The van der Waals surface area contributed by atoms with Crippen LogP contribution >= 0.6 is 0 Å². The van der Waals surface area contributed by atoms with Crippen molar-refractivity contribution in [2.24, 2.45) is 0 Å². The smallest absolute Gasteiger partial charge is 0.154 e. The summed E-state index contributed by atoms with van der Waals surface area (Å²) < 4.78 is 0. The molecule has 128 valence electrons. The lowest BCUT2D eigenvalue weighted by Crippen LogP contribution is -1.83. The summed E-state index contributed by atoms with van der Waals surface area (Å²) in [5, 5.41) is 22.3. The molecule has 2 N–H and O–H groups in total. The minimum absolute atomic E-state index is 0.0358. The van der Waals surface area contributed by atoms with Crippen molar-refractivity contribution in [3.8, 4) is 11.5 Å². The number of carbonyl (C=O) groups is 2. The predicted octanol–water partition coefficient (Wildman–Crippen LogP) is 4.72. The first kappa shape index (κ1) is 17.2. The molecular formula is C22H16O4. The first-order valence-corrected chi connectivity index (χ1v) is 7.97. The Balaban J connectivity index is 0.000000151. The molecule has 0 spiro atoms. The molecular weight excluding hydrogens is 328 g/mol. The van der Waals surface area contributed by atoms with Crippen molar-refractivity contribution >= 4 is 34.1 Å². The fourth-order valence-electron chi connectivity index (χ4n) is 2.82. The van der Waals surface area contributed by atoms with Crippen LogP contribution in [0.1, 0.15) is 20.7 Å². The van der Waals surface area contributed by atoms with E-state index in [0.29, 0.717) is 23.7 Å². The van der Waals surface area contributed by atoms with Crippen LogP contribution in [-0.4, -0.2) is 22.8 Å². The van der Waals surface area contributed by atoms with Crippen LogP contribution < -0.4 is 0 Å². The number of hydrogen-bond acceptors (Lipinski definition) is 4. The highest BCUT2D eigenvalue weighted by molar-refractivity contribution is 6.01. The fourth-order valence-corrected chi connectivity index (χ4v) is 2.82. The summed E-state index contributed by atoms with van der Waals surface area (Å²) in [6.45, 7) is 0. The standard InChI is InChI=1S/2C11H8O2/c2*12-7-10-9-4-2-1-3-8(9)5-6-11(10)13/h2*1-7,13H. The lowest BCUT2D eigenvalue weighted by atomic mass is 10.0. The number of aromatic hydroxyl groups is 2. The zero-order chi connectivity index (χ0) is 18.5. The normalized spacial score (nSPS) is 10.2. The molecule has 0 amide bonds. The van der Waals surface area contributed by atoms with E-state index < -0.39 is 0 Å². The van der Waals surface area contributed by atoms with Gasteiger partial charge < -0.3 is 10.2 Å². The molecule has 26 heavy (non-hydrogen) atoms. The van der Waals surface area contributed by atoms with Gasteiger partial charge >= 0.3 is 0 Å². The van der Waals surface area contributed by atoms with E-state index in [4.69, 9.17) is 0 Å². The fraction of sp³-hybridized carbons (Fsp3) is 0. The molecule has 0 saturated heterocycles. The molecule has 4 heteroatoms. The summed E-state index contributed by atoms with van der Waals surface area (Å²) >= 11 is 0. The van der Waals surface area contributed by atoms with Gasteiger partial charge in [-0.2, -0.15) is 0 Å². The van der Waals surface area contributed by atoms with Gasteiger partial charge in [0.25, 0.3) is 0 Å². The molecule has 0 heterocycles. The maximum absolute atomic E-state index is 10.7. The second-order valence-electron chi connectivity index (χ2n) is 5.67. The Bertz CT molecular complexity index is 1010. The number of benzene rings is 4. The van der Waals surface area contributed by atoms with Crippen molar-refractivity contribution in [1.29, 1.82) is 0 Å². The maximum atomic E-state index is 10.7. The number of phenols is 2. The van der Waals surface area contributed by atoms with E-state index in [2.05, 4.69) is 0 Å². The summed E-state index contributed by atoms with van der Waals surface area (Å²) in [5.74, 6) is 0.0717. The van der Waals surface area contributed by atoms with Crippen LogP contribution in [0.3, 0.4) is 0 Å². The topological polar surface area (TPSA) is 74.6 Å². The summed E-state index contributed by atoms with van der Waals surface area (Å²) in [7, 11) is 0. The van der Waals surface area contributed by atoms with E-state index in [1.807, 2.05) is 48.5 Å². The second kappa shape index (κ2) is 7.49. The SMILES string of the molecule is O=Cc1c(O)ccc2ccccc12.O=Cc1c(O)ccc2ccccc12. The van der Waals surface area contributed by atoms with Crippen molar-refractivity contribution in [2.45, 2.75) is 0 Å². The second-order valence-corrected chi connectivity index (χ2v) is 5.67. The molecule has 0 aliphatic carbocycles. The molecule has 0 aliphatic heterocycles. The zero-order valence-corrected chi connectivity index (χ0v) is 13.8. The molecule has 0 bridgehead atoms. The summed E-state index contributed by atoms with van der Waals surface area (Å²) in [6, 6.07) is 21.6. The average Bonchev–Trinajstić information content (AvgIpc) is 2.68. The first-order chi connectivity index (χ1) is 12.7. The Morgan fingerprint density at radius 1 is 0.538 bits per heavy atom. The molecule has 4 aromatic rings. The van der Waals surface area contributed by atoms with E-state index in [-0.39, 0.29) is 11.5 Å². The number of carbonyl (C=O) groups excluding carboxylic acids is 2. The molecule has 0 fully saturated rings. The third-order valence-electron chi connectivity index (χ3n) is 4.13. The van der Waals surface area contributed by atoms with Crippen LogP contribution in [-0.2, 0) is 0 Å². The van der Waals surface area contributed by atoms with E-state index in [1.165, 1.54) is 12.1 Å². The van der Waals surface area contributed by atoms with E-state index in [0.717, 1.165) is 21.5 Å². The Kier molecular flexibility index (Phi) is 4.94. The number of phenolic OH excluding ortho intramolecular Hbond substituents is 2. The first-order valence-electron chi connectivity index (χ1n) is 7.97. The third kappa shape index (κ3) is 3.26. The van der Waals surface area contributed by atoms with Crippen molar-refractivity contribution in [3.05, 3.63) is 83.9 Å². The van der Waals surface area contributed by atoms with Crippen LogP contribution in [0.25, 0.3) is 21.5 Å². The monoisotopic (exact) mass is 344 g/mol. The van der Waals surface area contributed by atoms with Gasteiger partial charge in [-0.1, -0.05) is 60.7 Å². The number of rotatable bonds is 2. The highest BCUT2D eigenvalue weighted by Gasteiger charge is 2.04. The van der Waals surface area contributed by atoms with Crippen molar-refractivity contribution in [2.75, 3.05) is 0 Å². The van der Waals surface area contributed by atoms with Crippen LogP contribution in [0.4, 0.5) is 0 Å². The summed E-state index contributed by atoms with van der Waals surface area (Å²) in [5.41, 5.74) is 0.719. The largest absolute Gasteiger partial charge is 0.507 e. The molecule has 0 saturated carbocycles. The highest BCUT2D eigenvalue weighted by atomic mass is 16.3. The molecule has 4 rings (SSSR count). The van der Waals surface area contributed by atoms with Crippen LogP contribution in [0.5, 0.6) is 11.5 Å². The van der Waals surface area contributed by atoms with Gasteiger partial charge in [-0.3, -0.25) is 9.59 Å². The van der Waals surface area contributed by atoms with Crippen molar-refractivity contribution in [1.82, 2.24) is 0 Å². The van der Waals surface area contributed by atoms with Gasteiger partial charge in [-0.25, -0.2) is 0 Å². The molecule has 0 radical (unpaired) electrons. The lowest BCUT2D eigenvalue weighted by Gasteiger charge is -2.01. The van der Waals surface area contributed by atoms with Gasteiger partial charge in [0.05, 0.1) is 11.1 Å². The van der Waals surface area contributed by atoms with Crippen LogP contribution in [0, 0.1) is 0 Å². The van der Waals surface area contributed by atoms with Crippen LogP contribution in [0.15, 0.2) is 72.8 Å². The number of hydrogen-bond donors (Lipinski definition) is 2. The van der Waals surface area contributed by atoms with Crippen molar-refractivity contribution in [3.63, 3.8) is 0 Å². The Labute approximate surface area is 149 Å². The van der Waals surface area contributed by atoms with Gasteiger partial charge in [-0.05, 0) is 33.7 Å². The third-order valence-corrected chi connectivity index (χ3v) is 4.13.